The standard InChI is InChI=1S/C14H27N3O2.HI/c1-4-8-16-14(15-2)17-9-6-13(7-10-17)19-12-5-11-18-3;/h4,13H,1,5-12H2,2-3H3,(H,15,16);1H. The second-order valence-corrected chi connectivity index (χ2v) is 4.62. The molecule has 1 fully saturated rings. The van der Waals surface area contributed by atoms with Crippen LogP contribution in [-0.4, -0.2) is 64.0 Å². The van der Waals surface area contributed by atoms with Gasteiger partial charge in [0.25, 0.3) is 0 Å². The Hall–Kier alpha value is -0.340. The third-order valence-corrected chi connectivity index (χ3v) is 3.20. The molecule has 1 heterocycles. The molecule has 0 amide bonds. The molecule has 1 saturated heterocycles. The first kappa shape index (κ1) is 19.7. The van der Waals surface area contributed by atoms with Crippen LogP contribution in [0.5, 0.6) is 0 Å². The number of rotatable bonds is 7. The Balaban J connectivity index is 0.00000361. The van der Waals surface area contributed by atoms with Crippen molar-refractivity contribution >= 4 is 29.9 Å². The summed E-state index contributed by atoms with van der Waals surface area (Å²) in [5, 5.41) is 3.26. The number of aliphatic imine (C=N–C) groups is 1. The Kier molecular flexibility index (Phi) is 12.2. The van der Waals surface area contributed by atoms with Gasteiger partial charge in [0.05, 0.1) is 6.10 Å². The summed E-state index contributed by atoms with van der Waals surface area (Å²) in [6, 6.07) is 0. The molecule has 1 N–H and O–H groups in total. The van der Waals surface area contributed by atoms with Gasteiger partial charge in [0.15, 0.2) is 5.96 Å². The quantitative estimate of drug-likeness (QED) is 0.234. The van der Waals surface area contributed by atoms with Gasteiger partial charge in [-0.1, -0.05) is 6.08 Å². The second-order valence-electron chi connectivity index (χ2n) is 4.62. The van der Waals surface area contributed by atoms with Crippen LogP contribution in [0.3, 0.4) is 0 Å². The summed E-state index contributed by atoms with van der Waals surface area (Å²) in [5.41, 5.74) is 0. The zero-order valence-electron chi connectivity index (χ0n) is 12.6. The Bertz CT molecular complexity index is 280. The molecule has 0 atom stereocenters. The van der Waals surface area contributed by atoms with Gasteiger partial charge < -0.3 is 19.7 Å². The Morgan fingerprint density at radius 3 is 2.65 bits per heavy atom. The number of hydrogen-bond donors (Lipinski definition) is 1. The molecule has 1 aliphatic heterocycles. The van der Waals surface area contributed by atoms with Crippen molar-refractivity contribution in [1.29, 1.82) is 0 Å². The van der Waals surface area contributed by atoms with Crippen molar-refractivity contribution in [3.63, 3.8) is 0 Å². The maximum absolute atomic E-state index is 5.84. The van der Waals surface area contributed by atoms with Gasteiger partial charge in [0, 0.05) is 47.0 Å². The van der Waals surface area contributed by atoms with Crippen LogP contribution in [0.15, 0.2) is 17.6 Å². The van der Waals surface area contributed by atoms with Crippen LogP contribution in [0.2, 0.25) is 0 Å². The molecule has 0 unspecified atom stereocenters. The highest BCUT2D eigenvalue weighted by atomic mass is 127. The molecule has 5 nitrogen and oxygen atoms in total. The Labute approximate surface area is 139 Å². The summed E-state index contributed by atoms with van der Waals surface area (Å²) in [6.45, 7) is 8.01. The first-order valence-electron chi connectivity index (χ1n) is 6.98. The topological polar surface area (TPSA) is 46.1 Å². The van der Waals surface area contributed by atoms with Gasteiger partial charge >= 0.3 is 0 Å². The molecule has 1 rings (SSSR count). The number of likely N-dealkylation sites (tertiary alicyclic amines) is 1. The molecule has 0 aliphatic carbocycles. The number of nitrogens with zero attached hydrogens (tertiary/aromatic N) is 2. The first-order valence-corrected chi connectivity index (χ1v) is 6.98. The fourth-order valence-electron chi connectivity index (χ4n) is 2.18. The smallest absolute Gasteiger partial charge is 0.193 e. The van der Waals surface area contributed by atoms with Gasteiger partial charge in [-0.15, -0.1) is 30.6 Å². The molecule has 1 aliphatic rings. The highest BCUT2D eigenvalue weighted by Gasteiger charge is 2.21. The summed E-state index contributed by atoms with van der Waals surface area (Å²) in [7, 11) is 3.54. The molecule has 118 valence electrons. The Morgan fingerprint density at radius 1 is 1.40 bits per heavy atom. The minimum Gasteiger partial charge on any atom is -0.385 e. The van der Waals surface area contributed by atoms with E-state index in [2.05, 4.69) is 21.8 Å². The van der Waals surface area contributed by atoms with E-state index in [1.165, 1.54) is 0 Å². The van der Waals surface area contributed by atoms with Crippen molar-refractivity contribution in [2.45, 2.75) is 25.4 Å². The molecular formula is C14H28IN3O2. The Morgan fingerprint density at radius 2 is 2.10 bits per heavy atom. The summed E-state index contributed by atoms with van der Waals surface area (Å²) >= 11 is 0. The molecule has 6 heteroatoms. The lowest BCUT2D eigenvalue weighted by Gasteiger charge is -2.34. The maximum atomic E-state index is 5.84. The van der Waals surface area contributed by atoms with E-state index >= 15 is 0 Å². The van der Waals surface area contributed by atoms with Crippen molar-refractivity contribution in [3.05, 3.63) is 12.7 Å². The number of halogens is 1. The van der Waals surface area contributed by atoms with Gasteiger partial charge in [0.1, 0.15) is 0 Å². The molecular weight excluding hydrogens is 369 g/mol. The minimum atomic E-state index is 0. The van der Waals surface area contributed by atoms with Crippen molar-refractivity contribution in [1.82, 2.24) is 10.2 Å². The van der Waals surface area contributed by atoms with Crippen molar-refractivity contribution in [2.75, 3.05) is 47.0 Å². The van der Waals surface area contributed by atoms with E-state index in [-0.39, 0.29) is 24.0 Å². The third-order valence-electron chi connectivity index (χ3n) is 3.20. The number of methoxy groups -OCH3 is 1. The molecule has 0 radical (unpaired) electrons. The lowest BCUT2D eigenvalue weighted by atomic mass is 10.1. The zero-order valence-corrected chi connectivity index (χ0v) is 15.0. The number of piperidine rings is 1. The highest BCUT2D eigenvalue weighted by molar-refractivity contribution is 14.0. The van der Waals surface area contributed by atoms with E-state index < -0.39 is 0 Å². The number of nitrogens with one attached hydrogen (secondary N) is 1. The number of hydrogen-bond acceptors (Lipinski definition) is 3. The van der Waals surface area contributed by atoms with Gasteiger partial charge in [0.2, 0.25) is 0 Å². The van der Waals surface area contributed by atoms with Crippen LogP contribution in [0.25, 0.3) is 0 Å². The normalized spacial score (nSPS) is 16.7. The second kappa shape index (κ2) is 12.4. The fourth-order valence-corrected chi connectivity index (χ4v) is 2.18. The first-order chi connectivity index (χ1) is 9.31. The van der Waals surface area contributed by atoms with E-state index in [1.54, 1.807) is 7.11 Å². The zero-order chi connectivity index (χ0) is 13.9. The lowest BCUT2D eigenvalue weighted by molar-refractivity contribution is 0.00994. The third kappa shape index (κ3) is 7.44. The maximum Gasteiger partial charge on any atom is 0.193 e. The highest BCUT2D eigenvalue weighted by Crippen LogP contribution is 2.14. The average Bonchev–Trinajstić information content (AvgIpc) is 2.46. The van der Waals surface area contributed by atoms with E-state index in [9.17, 15) is 0 Å². The predicted molar refractivity (Wildman–Crippen MR) is 94.0 cm³/mol. The van der Waals surface area contributed by atoms with Crippen molar-refractivity contribution in [2.24, 2.45) is 4.99 Å². The van der Waals surface area contributed by atoms with Gasteiger partial charge in [-0.3, -0.25) is 4.99 Å². The summed E-state index contributed by atoms with van der Waals surface area (Å²) in [5.74, 6) is 0.956. The van der Waals surface area contributed by atoms with Crippen LogP contribution in [0.1, 0.15) is 19.3 Å². The lowest BCUT2D eigenvalue weighted by Crippen LogP contribution is -2.47. The molecule has 0 aromatic heterocycles. The molecule has 0 saturated carbocycles. The SMILES string of the molecule is C=CCNC(=NC)N1CCC(OCCCOC)CC1.I. The summed E-state index contributed by atoms with van der Waals surface area (Å²) < 4.78 is 10.9. The van der Waals surface area contributed by atoms with Gasteiger partial charge in [-0.25, -0.2) is 0 Å². The molecule has 0 aromatic carbocycles. The van der Waals surface area contributed by atoms with E-state index in [0.29, 0.717) is 6.10 Å². The van der Waals surface area contributed by atoms with Crippen LogP contribution in [-0.2, 0) is 9.47 Å². The van der Waals surface area contributed by atoms with E-state index in [1.807, 2.05) is 13.1 Å². The monoisotopic (exact) mass is 397 g/mol. The molecule has 0 bridgehead atoms. The molecule has 20 heavy (non-hydrogen) atoms. The number of ether oxygens (including phenoxy) is 2. The minimum absolute atomic E-state index is 0. The van der Waals surface area contributed by atoms with E-state index in [0.717, 1.165) is 58.1 Å². The van der Waals surface area contributed by atoms with Crippen LogP contribution >= 0.6 is 24.0 Å². The van der Waals surface area contributed by atoms with Crippen LogP contribution < -0.4 is 5.32 Å². The fraction of sp³-hybridized carbons (Fsp3) is 0.786. The van der Waals surface area contributed by atoms with Crippen molar-refractivity contribution < 1.29 is 9.47 Å². The van der Waals surface area contributed by atoms with Gasteiger partial charge in [-0.2, -0.15) is 0 Å². The predicted octanol–water partition coefficient (Wildman–Crippen LogP) is 1.88. The van der Waals surface area contributed by atoms with Crippen LogP contribution in [0.4, 0.5) is 0 Å². The van der Waals surface area contributed by atoms with Gasteiger partial charge in [-0.05, 0) is 19.3 Å². The average molecular weight is 397 g/mol. The summed E-state index contributed by atoms with van der Waals surface area (Å²) in [6.07, 6.45) is 5.31. The molecule has 0 aromatic rings. The molecule has 0 spiro atoms. The van der Waals surface area contributed by atoms with E-state index in [4.69, 9.17) is 9.47 Å². The van der Waals surface area contributed by atoms with Crippen molar-refractivity contribution in [3.8, 4) is 0 Å². The largest absolute Gasteiger partial charge is 0.385 e. The number of guanidine groups is 1. The van der Waals surface area contributed by atoms with Crippen LogP contribution in [0, 0.1) is 0 Å². The summed E-state index contributed by atoms with van der Waals surface area (Å²) in [4.78, 5) is 6.56.